The lowest BCUT2D eigenvalue weighted by molar-refractivity contribution is 0.875. The van der Waals surface area contributed by atoms with Gasteiger partial charge >= 0.3 is 0 Å². The molecular formula is C17H15I. The number of fused-ring (bicyclic) bond motifs is 2. The second-order valence-corrected chi connectivity index (χ2v) is 6.32. The highest BCUT2D eigenvalue weighted by atomic mass is 127. The van der Waals surface area contributed by atoms with Crippen LogP contribution in [0, 0.1) is 3.57 Å². The maximum Gasteiger partial charge on any atom is 0.0139 e. The van der Waals surface area contributed by atoms with Gasteiger partial charge in [0.05, 0.1) is 0 Å². The molecule has 0 atom stereocenters. The maximum atomic E-state index is 2.41. The molecule has 0 spiro atoms. The fraction of sp³-hybridized carbons (Fsp3) is 0.176. The molecule has 0 amide bonds. The van der Waals surface area contributed by atoms with Crippen LogP contribution in [-0.4, -0.2) is 0 Å². The first kappa shape index (κ1) is 12.0. The first-order valence-electron chi connectivity index (χ1n) is 6.27. The Balaban J connectivity index is 2.45. The lowest BCUT2D eigenvalue weighted by Gasteiger charge is -2.12. The van der Waals surface area contributed by atoms with Crippen LogP contribution in [-0.2, 0) is 0 Å². The fourth-order valence-electron chi connectivity index (χ4n) is 2.52. The monoisotopic (exact) mass is 346 g/mol. The van der Waals surface area contributed by atoms with Gasteiger partial charge in [-0.1, -0.05) is 38.1 Å². The number of rotatable bonds is 1. The third-order valence-corrected chi connectivity index (χ3v) is 4.06. The van der Waals surface area contributed by atoms with Crippen molar-refractivity contribution in [2.75, 3.05) is 0 Å². The smallest absolute Gasteiger partial charge is 0.0139 e. The van der Waals surface area contributed by atoms with E-state index in [4.69, 9.17) is 0 Å². The summed E-state index contributed by atoms with van der Waals surface area (Å²) < 4.78 is 1.32. The van der Waals surface area contributed by atoms with E-state index in [9.17, 15) is 0 Å². The summed E-state index contributed by atoms with van der Waals surface area (Å²) in [7, 11) is 0. The molecule has 0 bridgehead atoms. The molecular weight excluding hydrogens is 331 g/mol. The fourth-order valence-corrected chi connectivity index (χ4v) is 3.19. The average molecular weight is 346 g/mol. The second-order valence-electron chi connectivity index (χ2n) is 5.07. The second kappa shape index (κ2) is 4.54. The van der Waals surface area contributed by atoms with Gasteiger partial charge in [0.2, 0.25) is 0 Å². The molecule has 0 saturated heterocycles. The molecule has 0 aromatic heterocycles. The number of hydrogen-bond acceptors (Lipinski definition) is 0. The van der Waals surface area contributed by atoms with Crippen LogP contribution in [0.2, 0.25) is 0 Å². The summed E-state index contributed by atoms with van der Waals surface area (Å²) in [6.45, 7) is 4.53. The normalized spacial score (nSPS) is 11.6. The molecule has 90 valence electrons. The van der Waals surface area contributed by atoms with Gasteiger partial charge in [-0.3, -0.25) is 0 Å². The van der Waals surface area contributed by atoms with Crippen molar-refractivity contribution in [3.63, 3.8) is 0 Å². The van der Waals surface area contributed by atoms with Crippen LogP contribution in [0.5, 0.6) is 0 Å². The molecule has 3 aromatic rings. The highest BCUT2D eigenvalue weighted by Gasteiger charge is 2.08. The zero-order valence-corrected chi connectivity index (χ0v) is 12.7. The Morgan fingerprint density at radius 1 is 0.833 bits per heavy atom. The van der Waals surface area contributed by atoms with Gasteiger partial charge in [-0.2, -0.15) is 0 Å². The zero-order valence-electron chi connectivity index (χ0n) is 10.6. The Kier molecular flexibility index (Phi) is 3.02. The lowest BCUT2D eigenvalue weighted by Crippen LogP contribution is -1.91. The van der Waals surface area contributed by atoms with E-state index < -0.39 is 0 Å². The SMILES string of the molecule is CC(C)c1cc(I)cc2cc3ccccc3cc12. The van der Waals surface area contributed by atoms with Gasteiger partial charge < -0.3 is 0 Å². The van der Waals surface area contributed by atoms with Crippen LogP contribution in [0.4, 0.5) is 0 Å². The molecule has 0 N–H and O–H groups in total. The number of halogens is 1. The molecule has 1 heteroatoms. The summed E-state index contributed by atoms with van der Waals surface area (Å²) in [5, 5.41) is 5.39. The van der Waals surface area contributed by atoms with Crippen molar-refractivity contribution in [1.29, 1.82) is 0 Å². The predicted octanol–water partition coefficient (Wildman–Crippen LogP) is 5.72. The van der Waals surface area contributed by atoms with Crippen molar-refractivity contribution in [3.05, 3.63) is 57.7 Å². The van der Waals surface area contributed by atoms with Crippen molar-refractivity contribution >= 4 is 44.1 Å². The third-order valence-electron chi connectivity index (χ3n) is 3.44. The Bertz CT molecular complexity index is 726. The van der Waals surface area contributed by atoms with E-state index in [1.807, 2.05) is 0 Å². The van der Waals surface area contributed by atoms with Gasteiger partial charge in [-0.15, -0.1) is 0 Å². The van der Waals surface area contributed by atoms with Gasteiger partial charge in [0.15, 0.2) is 0 Å². The standard InChI is InChI=1S/C17H15I/c1-11(2)16-10-15(18)8-14-7-12-5-3-4-6-13(12)9-17(14)16/h3-11H,1-2H3. The molecule has 18 heavy (non-hydrogen) atoms. The summed E-state index contributed by atoms with van der Waals surface area (Å²) in [4.78, 5) is 0. The predicted molar refractivity (Wildman–Crippen MR) is 88.3 cm³/mol. The summed E-state index contributed by atoms with van der Waals surface area (Å²) >= 11 is 2.41. The van der Waals surface area contributed by atoms with E-state index in [-0.39, 0.29) is 0 Å². The minimum Gasteiger partial charge on any atom is -0.0616 e. The molecule has 0 aliphatic carbocycles. The van der Waals surface area contributed by atoms with Gasteiger partial charge in [0.25, 0.3) is 0 Å². The highest BCUT2D eigenvalue weighted by Crippen LogP contribution is 2.31. The molecule has 0 radical (unpaired) electrons. The Hall–Kier alpha value is -1.09. The molecule has 3 rings (SSSR count). The summed E-state index contributed by atoms with van der Waals surface area (Å²) in [5.74, 6) is 0.559. The topological polar surface area (TPSA) is 0 Å². The van der Waals surface area contributed by atoms with Crippen molar-refractivity contribution in [1.82, 2.24) is 0 Å². The first-order valence-corrected chi connectivity index (χ1v) is 7.35. The van der Waals surface area contributed by atoms with E-state index in [2.05, 4.69) is 85.0 Å². The highest BCUT2D eigenvalue weighted by molar-refractivity contribution is 14.1. The van der Waals surface area contributed by atoms with E-state index in [1.54, 1.807) is 0 Å². The molecule has 0 saturated carbocycles. The van der Waals surface area contributed by atoms with Crippen LogP contribution in [0.3, 0.4) is 0 Å². The quantitative estimate of drug-likeness (QED) is 0.390. The first-order chi connectivity index (χ1) is 8.65. The molecule has 3 aromatic carbocycles. The van der Waals surface area contributed by atoms with E-state index in [1.165, 1.54) is 30.7 Å². The van der Waals surface area contributed by atoms with Crippen molar-refractivity contribution in [2.24, 2.45) is 0 Å². The number of hydrogen-bond donors (Lipinski definition) is 0. The van der Waals surface area contributed by atoms with Crippen LogP contribution in [0.15, 0.2) is 48.5 Å². The van der Waals surface area contributed by atoms with E-state index in [0.29, 0.717) is 5.92 Å². The summed E-state index contributed by atoms with van der Waals surface area (Å²) in [6.07, 6.45) is 0. The third kappa shape index (κ3) is 2.01. The Morgan fingerprint density at radius 2 is 1.50 bits per heavy atom. The lowest BCUT2D eigenvalue weighted by atomic mass is 9.94. The maximum absolute atomic E-state index is 2.41. The molecule has 0 aliphatic rings. The zero-order chi connectivity index (χ0) is 12.7. The van der Waals surface area contributed by atoms with Gasteiger partial charge in [0, 0.05) is 3.57 Å². The van der Waals surface area contributed by atoms with Gasteiger partial charge in [0.1, 0.15) is 0 Å². The molecule has 0 fully saturated rings. The Labute approximate surface area is 121 Å². The van der Waals surface area contributed by atoms with Gasteiger partial charge in [-0.05, 0) is 79.9 Å². The minimum atomic E-state index is 0.559. The van der Waals surface area contributed by atoms with E-state index >= 15 is 0 Å². The van der Waals surface area contributed by atoms with Crippen molar-refractivity contribution in [3.8, 4) is 0 Å². The van der Waals surface area contributed by atoms with Crippen LogP contribution >= 0.6 is 22.6 Å². The largest absolute Gasteiger partial charge is 0.0616 e. The van der Waals surface area contributed by atoms with Crippen LogP contribution in [0.1, 0.15) is 25.3 Å². The summed E-state index contributed by atoms with van der Waals surface area (Å²) in [6, 6.07) is 17.8. The summed E-state index contributed by atoms with van der Waals surface area (Å²) in [5.41, 5.74) is 1.45. The number of benzene rings is 3. The van der Waals surface area contributed by atoms with Crippen molar-refractivity contribution in [2.45, 2.75) is 19.8 Å². The molecule has 0 aliphatic heterocycles. The molecule has 0 unspecified atom stereocenters. The van der Waals surface area contributed by atoms with Crippen molar-refractivity contribution < 1.29 is 0 Å². The van der Waals surface area contributed by atoms with Crippen LogP contribution in [0.25, 0.3) is 21.5 Å². The Morgan fingerprint density at radius 3 is 2.17 bits per heavy atom. The minimum absolute atomic E-state index is 0.559. The van der Waals surface area contributed by atoms with E-state index in [0.717, 1.165) is 0 Å². The molecule has 0 heterocycles. The van der Waals surface area contributed by atoms with Crippen LogP contribution < -0.4 is 0 Å². The van der Waals surface area contributed by atoms with Gasteiger partial charge in [-0.25, -0.2) is 0 Å². The molecule has 0 nitrogen and oxygen atoms in total. The average Bonchev–Trinajstić information content (AvgIpc) is 2.35.